The third-order valence-electron chi connectivity index (χ3n) is 4.13. The van der Waals surface area contributed by atoms with Crippen molar-refractivity contribution in [3.8, 4) is 5.75 Å². The number of alkyl halides is 3. The number of anilines is 1. The van der Waals surface area contributed by atoms with Crippen molar-refractivity contribution < 1.29 is 27.8 Å². The Hall–Kier alpha value is -2.49. The van der Waals surface area contributed by atoms with Crippen LogP contribution in [0.5, 0.6) is 5.75 Å². The number of nitrogens with two attached hydrogens (primary N) is 1. The number of aliphatic hydroxyl groups is 1. The molecule has 29 heavy (non-hydrogen) atoms. The summed E-state index contributed by atoms with van der Waals surface area (Å²) >= 11 is 6.04. The van der Waals surface area contributed by atoms with Crippen LogP contribution in [0.15, 0.2) is 36.4 Å². The molecule has 2 aromatic rings. The van der Waals surface area contributed by atoms with Crippen LogP contribution in [0.25, 0.3) is 0 Å². The van der Waals surface area contributed by atoms with Gasteiger partial charge in [0.05, 0.1) is 35.9 Å². The average molecular weight is 432 g/mol. The van der Waals surface area contributed by atoms with E-state index < -0.39 is 23.7 Å². The van der Waals surface area contributed by atoms with Gasteiger partial charge in [0.15, 0.2) is 0 Å². The second-order valence-corrected chi connectivity index (χ2v) is 6.58. The molecule has 2 rings (SSSR count). The molecular weight excluding hydrogens is 411 g/mol. The van der Waals surface area contributed by atoms with Crippen LogP contribution < -0.4 is 21.1 Å². The first-order valence-corrected chi connectivity index (χ1v) is 8.96. The summed E-state index contributed by atoms with van der Waals surface area (Å²) in [6.45, 7) is -0.273. The highest BCUT2D eigenvalue weighted by atomic mass is 35.5. The molecule has 1 amide bonds. The van der Waals surface area contributed by atoms with Crippen LogP contribution in [0, 0.1) is 0 Å². The number of methoxy groups -OCH3 is 1. The Morgan fingerprint density at radius 3 is 2.55 bits per heavy atom. The van der Waals surface area contributed by atoms with Crippen LogP contribution in [-0.4, -0.2) is 37.3 Å². The van der Waals surface area contributed by atoms with E-state index in [1.54, 1.807) is 18.2 Å². The quantitative estimate of drug-likeness (QED) is 0.515. The Morgan fingerprint density at radius 2 is 2.00 bits per heavy atom. The Kier molecular flexibility index (Phi) is 7.72. The standard InChI is InChI=1S/C19H21ClF3N3O3/c1-29-17-5-2-11(6-15(17)20)9-25-18(28)14-7-12(19(21,22)23)3-4-16(14)26-13(8-24)10-27/h2-7,13,26-27H,8-10,24H2,1H3,(H,25,28)/t13-/m0/s1. The van der Waals surface area contributed by atoms with Gasteiger partial charge in [-0.2, -0.15) is 13.2 Å². The van der Waals surface area contributed by atoms with Crippen molar-refractivity contribution in [1.29, 1.82) is 0 Å². The molecule has 158 valence electrons. The fourth-order valence-corrected chi connectivity index (χ4v) is 2.81. The molecule has 0 aromatic heterocycles. The number of nitrogens with one attached hydrogen (secondary N) is 2. The highest BCUT2D eigenvalue weighted by Crippen LogP contribution is 2.32. The molecule has 0 saturated heterocycles. The molecule has 0 heterocycles. The summed E-state index contributed by atoms with van der Waals surface area (Å²) in [5, 5.41) is 15.0. The van der Waals surface area contributed by atoms with E-state index in [1.165, 1.54) is 7.11 Å². The molecule has 10 heteroatoms. The number of hydrogen-bond acceptors (Lipinski definition) is 5. The Labute approximate surface area is 170 Å². The van der Waals surface area contributed by atoms with Gasteiger partial charge in [-0.15, -0.1) is 0 Å². The van der Waals surface area contributed by atoms with E-state index in [4.69, 9.17) is 22.1 Å². The van der Waals surface area contributed by atoms with Crippen LogP contribution in [0.3, 0.4) is 0 Å². The second-order valence-electron chi connectivity index (χ2n) is 6.17. The van der Waals surface area contributed by atoms with Crippen molar-refractivity contribution in [2.24, 2.45) is 5.73 Å². The van der Waals surface area contributed by atoms with Crippen LogP contribution in [-0.2, 0) is 12.7 Å². The maximum absolute atomic E-state index is 13.1. The maximum Gasteiger partial charge on any atom is 0.416 e. The molecule has 0 aliphatic carbocycles. The van der Waals surface area contributed by atoms with Gasteiger partial charge in [-0.25, -0.2) is 0 Å². The third-order valence-corrected chi connectivity index (χ3v) is 4.42. The maximum atomic E-state index is 13.1. The van der Waals surface area contributed by atoms with Crippen molar-refractivity contribution in [1.82, 2.24) is 5.32 Å². The van der Waals surface area contributed by atoms with E-state index in [0.29, 0.717) is 16.3 Å². The lowest BCUT2D eigenvalue weighted by Gasteiger charge is -2.19. The minimum atomic E-state index is -4.61. The fraction of sp³-hybridized carbons (Fsp3) is 0.316. The molecule has 0 spiro atoms. The lowest BCUT2D eigenvalue weighted by atomic mass is 10.1. The summed E-state index contributed by atoms with van der Waals surface area (Å²) in [6, 6.07) is 7.01. The van der Waals surface area contributed by atoms with Gasteiger partial charge in [0.1, 0.15) is 5.75 Å². The molecular formula is C19H21ClF3N3O3. The number of aliphatic hydroxyl groups excluding tert-OH is 1. The molecule has 5 N–H and O–H groups in total. The van der Waals surface area contributed by atoms with E-state index in [1.807, 2.05) is 0 Å². The highest BCUT2D eigenvalue weighted by Gasteiger charge is 2.32. The third kappa shape index (κ3) is 5.99. The molecule has 0 fully saturated rings. The van der Waals surface area contributed by atoms with E-state index >= 15 is 0 Å². The first-order chi connectivity index (χ1) is 13.7. The molecule has 0 aliphatic rings. The van der Waals surface area contributed by atoms with Crippen LogP contribution in [0.2, 0.25) is 5.02 Å². The van der Waals surface area contributed by atoms with Gasteiger partial charge in [0.25, 0.3) is 5.91 Å². The second kappa shape index (κ2) is 9.82. The van der Waals surface area contributed by atoms with E-state index in [-0.39, 0.29) is 30.9 Å². The summed E-state index contributed by atoms with van der Waals surface area (Å²) in [7, 11) is 1.46. The lowest BCUT2D eigenvalue weighted by molar-refractivity contribution is -0.137. The molecule has 6 nitrogen and oxygen atoms in total. The minimum Gasteiger partial charge on any atom is -0.495 e. The summed E-state index contributed by atoms with van der Waals surface area (Å²) in [4.78, 5) is 12.6. The summed E-state index contributed by atoms with van der Waals surface area (Å²) in [6.07, 6.45) is -4.61. The van der Waals surface area contributed by atoms with Crippen molar-refractivity contribution in [2.45, 2.75) is 18.8 Å². The van der Waals surface area contributed by atoms with E-state index in [9.17, 15) is 23.1 Å². The van der Waals surface area contributed by atoms with Crippen LogP contribution in [0.4, 0.5) is 18.9 Å². The monoisotopic (exact) mass is 431 g/mol. The SMILES string of the molecule is COc1ccc(CNC(=O)c2cc(C(F)(F)F)ccc2N[C@@H](CN)CO)cc1Cl. The highest BCUT2D eigenvalue weighted by molar-refractivity contribution is 6.32. The Bertz CT molecular complexity index is 858. The van der Waals surface area contributed by atoms with Gasteiger partial charge < -0.3 is 26.2 Å². The number of ether oxygens (including phenoxy) is 1. The minimum absolute atomic E-state index is 0.0307. The van der Waals surface area contributed by atoms with Gasteiger partial charge >= 0.3 is 6.18 Å². The molecule has 0 saturated carbocycles. The molecule has 0 unspecified atom stereocenters. The first-order valence-electron chi connectivity index (χ1n) is 8.59. The van der Waals surface area contributed by atoms with Crippen molar-refractivity contribution in [3.63, 3.8) is 0 Å². The largest absolute Gasteiger partial charge is 0.495 e. The predicted octanol–water partition coefficient (Wildman–Crippen LogP) is 3.03. The first kappa shape index (κ1) is 22.8. The zero-order chi connectivity index (χ0) is 21.6. The van der Waals surface area contributed by atoms with Crippen LogP contribution >= 0.6 is 11.6 Å². The molecule has 1 atom stereocenters. The lowest BCUT2D eigenvalue weighted by Crippen LogP contribution is -2.33. The number of benzene rings is 2. The van der Waals surface area contributed by atoms with Gasteiger partial charge in [-0.05, 0) is 35.9 Å². The smallest absolute Gasteiger partial charge is 0.416 e. The number of hydrogen-bond donors (Lipinski definition) is 4. The number of rotatable bonds is 8. The molecule has 0 aliphatic heterocycles. The van der Waals surface area contributed by atoms with Crippen molar-refractivity contribution in [3.05, 3.63) is 58.1 Å². The summed E-state index contributed by atoms with van der Waals surface area (Å²) in [5.41, 5.74) is 5.09. The zero-order valence-electron chi connectivity index (χ0n) is 15.5. The molecule has 0 bridgehead atoms. The Morgan fingerprint density at radius 1 is 1.28 bits per heavy atom. The van der Waals surface area contributed by atoms with E-state index in [2.05, 4.69) is 10.6 Å². The van der Waals surface area contributed by atoms with Gasteiger partial charge in [-0.1, -0.05) is 17.7 Å². The zero-order valence-corrected chi connectivity index (χ0v) is 16.3. The summed E-state index contributed by atoms with van der Waals surface area (Å²) < 4.78 is 44.3. The van der Waals surface area contributed by atoms with Gasteiger partial charge in [-0.3, -0.25) is 4.79 Å². The van der Waals surface area contributed by atoms with E-state index in [0.717, 1.165) is 18.2 Å². The van der Waals surface area contributed by atoms with Gasteiger partial charge in [0.2, 0.25) is 0 Å². The van der Waals surface area contributed by atoms with Gasteiger partial charge in [0, 0.05) is 18.8 Å². The van der Waals surface area contributed by atoms with Crippen LogP contribution in [0.1, 0.15) is 21.5 Å². The van der Waals surface area contributed by atoms with Crippen molar-refractivity contribution >= 4 is 23.2 Å². The Balaban J connectivity index is 2.26. The fourth-order valence-electron chi connectivity index (χ4n) is 2.53. The number of amides is 1. The normalized spacial score (nSPS) is 12.4. The predicted molar refractivity (Wildman–Crippen MR) is 104 cm³/mol. The number of carbonyl (C=O) groups excluding carboxylic acids is 1. The van der Waals surface area contributed by atoms with Crippen molar-refractivity contribution in [2.75, 3.05) is 25.6 Å². The number of carbonyl (C=O) groups is 1. The topological polar surface area (TPSA) is 96.6 Å². The molecule has 2 aromatic carbocycles. The molecule has 0 radical (unpaired) electrons. The average Bonchev–Trinajstić information content (AvgIpc) is 2.69. The summed E-state index contributed by atoms with van der Waals surface area (Å²) in [5.74, 6) is -0.262. The number of halogens is 4.